The van der Waals surface area contributed by atoms with Gasteiger partial charge in [-0.3, -0.25) is 0 Å². The number of aryl methyl sites for hydroxylation is 1. The van der Waals surface area contributed by atoms with Crippen LogP contribution in [0.5, 0.6) is 0 Å². The van der Waals surface area contributed by atoms with Crippen LogP contribution in [0.4, 0.5) is 0 Å². The summed E-state index contributed by atoms with van der Waals surface area (Å²) >= 11 is 0. The molecule has 1 rings (SSSR count). The highest BCUT2D eigenvalue weighted by Crippen LogP contribution is 1.92. The minimum Gasteiger partial charge on any atom is -0.0776 e. The van der Waals surface area contributed by atoms with Crippen LogP contribution in [-0.2, 0) is 0 Å². The standard InChI is InChI=1S/C7H8.2C2H6.2CH4/c1-7-5-3-2-4-6-7;2*1-2;;/h2-6H,1H3;2*1-2H3;2*1H4. The molecule has 0 spiro atoms. The Morgan fingerprint density at radius 3 is 1.15 bits per heavy atom. The maximum Gasteiger partial charge on any atom is -0.0398 e. The first-order valence-corrected chi connectivity index (χ1v) is 4.41. The fraction of sp³-hybridized carbons (Fsp3) is 0.538. The van der Waals surface area contributed by atoms with Gasteiger partial charge < -0.3 is 0 Å². The third-order valence-corrected chi connectivity index (χ3v) is 0.940. The van der Waals surface area contributed by atoms with E-state index in [2.05, 4.69) is 19.1 Å². The summed E-state index contributed by atoms with van der Waals surface area (Å²) < 4.78 is 0. The first-order chi connectivity index (χ1) is 5.39. The second kappa shape index (κ2) is 22.5. The molecule has 0 nitrogen and oxygen atoms in total. The van der Waals surface area contributed by atoms with Crippen molar-refractivity contribution in [2.75, 3.05) is 0 Å². The maximum absolute atomic E-state index is 2.08. The van der Waals surface area contributed by atoms with E-state index in [1.807, 2.05) is 45.9 Å². The van der Waals surface area contributed by atoms with Crippen molar-refractivity contribution in [1.29, 1.82) is 0 Å². The van der Waals surface area contributed by atoms with Crippen molar-refractivity contribution in [3.8, 4) is 0 Å². The topological polar surface area (TPSA) is 0 Å². The van der Waals surface area contributed by atoms with E-state index >= 15 is 0 Å². The zero-order valence-corrected chi connectivity index (χ0v) is 8.39. The lowest BCUT2D eigenvalue weighted by Gasteiger charge is -1.82. The largest absolute Gasteiger partial charge is 0.0776 e. The minimum atomic E-state index is 0. The Morgan fingerprint density at radius 2 is 1.00 bits per heavy atom. The van der Waals surface area contributed by atoms with Crippen molar-refractivity contribution >= 4 is 0 Å². The summed E-state index contributed by atoms with van der Waals surface area (Å²) in [6.45, 7) is 10.1. The molecule has 0 saturated carbocycles. The molecule has 0 aliphatic heterocycles. The molecular weight excluding hydrogens is 156 g/mol. The Labute approximate surface area is 86.0 Å². The summed E-state index contributed by atoms with van der Waals surface area (Å²) in [5.74, 6) is 0. The molecule has 0 saturated heterocycles. The third-order valence-electron chi connectivity index (χ3n) is 0.940. The smallest absolute Gasteiger partial charge is 0.0398 e. The molecule has 0 N–H and O–H groups in total. The van der Waals surface area contributed by atoms with Crippen molar-refractivity contribution in [3.63, 3.8) is 0 Å². The van der Waals surface area contributed by atoms with Gasteiger partial charge in [-0.15, -0.1) is 0 Å². The van der Waals surface area contributed by atoms with E-state index in [1.54, 1.807) is 0 Å². The van der Waals surface area contributed by atoms with Gasteiger partial charge in [-0.2, -0.15) is 0 Å². The second-order valence-electron chi connectivity index (χ2n) is 1.65. The zero-order chi connectivity index (χ0) is 9.11. The van der Waals surface area contributed by atoms with E-state index in [0.717, 1.165) is 0 Å². The first-order valence-electron chi connectivity index (χ1n) is 4.41. The lowest BCUT2D eigenvalue weighted by atomic mass is 10.2. The second-order valence-corrected chi connectivity index (χ2v) is 1.65. The molecule has 80 valence electrons. The van der Waals surface area contributed by atoms with Gasteiger partial charge in [-0.25, -0.2) is 0 Å². The minimum absolute atomic E-state index is 0. The van der Waals surface area contributed by atoms with Gasteiger partial charge in [0.25, 0.3) is 0 Å². The normalized spacial score (nSPS) is 5.62. The number of hydrogen-bond acceptors (Lipinski definition) is 0. The zero-order valence-electron chi connectivity index (χ0n) is 8.39. The molecule has 0 aromatic heterocycles. The van der Waals surface area contributed by atoms with Gasteiger partial charge in [0, 0.05) is 0 Å². The van der Waals surface area contributed by atoms with Crippen LogP contribution in [0.1, 0.15) is 48.1 Å². The molecule has 0 aliphatic carbocycles. The molecule has 1 aromatic rings. The van der Waals surface area contributed by atoms with Crippen molar-refractivity contribution in [3.05, 3.63) is 35.9 Å². The average molecular weight is 184 g/mol. The highest BCUT2D eigenvalue weighted by Gasteiger charge is 1.72. The van der Waals surface area contributed by atoms with Crippen molar-refractivity contribution < 1.29 is 0 Å². The molecule has 0 heterocycles. The average Bonchev–Trinajstić information content (AvgIpc) is 2.13. The molecule has 0 aliphatic rings. The van der Waals surface area contributed by atoms with Crippen molar-refractivity contribution in [2.45, 2.75) is 49.5 Å². The fourth-order valence-electron chi connectivity index (χ4n) is 0.534. The van der Waals surface area contributed by atoms with Gasteiger partial charge in [0.05, 0.1) is 0 Å². The highest BCUT2D eigenvalue weighted by atomic mass is 13.8. The molecule has 1 aromatic carbocycles. The fourth-order valence-corrected chi connectivity index (χ4v) is 0.534. The Hall–Kier alpha value is -0.780. The van der Waals surface area contributed by atoms with Crippen LogP contribution in [-0.4, -0.2) is 0 Å². The van der Waals surface area contributed by atoms with Crippen LogP contribution < -0.4 is 0 Å². The quantitative estimate of drug-likeness (QED) is 0.512. The number of rotatable bonds is 0. The van der Waals surface area contributed by atoms with Crippen LogP contribution in [0.2, 0.25) is 0 Å². The van der Waals surface area contributed by atoms with E-state index < -0.39 is 0 Å². The molecule has 0 unspecified atom stereocenters. The van der Waals surface area contributed by atoms with Crippen LogP contribution in [0.25, 0.3) is 0 Å². The molecule has 0 bridgehead atoms. The van der Waals surface area contributed by atoms with E-state index in [4.69, 9.17) is 0 Å². The number of benzene rings is 1. The van der Waals surface area contributed by atoms with Gasteiger partial charge in [0.2, 0.25) is 0 Å². The molecule has 0 heteroatoms. The molecule has 13 heavy (non-hydrogen) atoms. The van der Waals surface area contributed by atoms with Gasteiger partial charge in [-0.1, -0.05) is 78.4 Å². The summed E-state index contributed by atoms with van der Waals surface area (Å²) in [5, 5.41) is 0. The third kappa shape index (κ3) is 18.3. The van der Waals surface area contributed by atoms with Crippen LogP contribution in [0, 0.1) is 6.92 Å². The summed E-state index contributed by atoms with van der Waals surface area (Å²) in [4.78, 5) is 0. The Balaban J connectivity index is -0.0000000607. The molecule has 0 amide bonds. The maximum atomic E-state index is 2.08. The Morgan fingerprint density at radius 1 is 0.692 bits per heavy atom. The lowest BCUT2D eigenvalue weighted by molar-refractivity contribution is 1.48. The van der Waals surface area contributed by atoms with Crippen LogP contribution >= 0.6 is 0 Å². The lowest BCUT2D eigenvalue weighted by Crippen LogP contribution is -1.62. The van der Waals surface area contributed by atoms with Crippen LogP contribution in [0.3, 0.4) is 0 Å². The summed E-state index contributed by atoms with van der Waals surface area (Å²) in [7, 11) is 0. The summed E-state index contributed by atoms with van der Waals surface area (Å²) in [6.07, 6.45) is 0. The SMILES string of the molecule is C.C.CC.CC.Cc1ccccc1. The van der Waals surface area contributed by atoms with E-state index in [-0.39, 0.29) is 14.9 Å². The van der Waals surface area contributed by atoms with E-state index in [9.17, 15) is 0 Å². The monoisotopic (exact) mass is 184 g/mol. The molecule has 0 fully saturated rings. The Bertz CT molecular complexity index is 130. The van der Waals surface area contributed by atoms with Crippen molar-refractivity contribution in [1.82, 2.24) is 0 Å². The van der Waals surface area contributed by atoms with Gasteiger partial charge in [0.15, 0.2) is 0 Å². The van der Waals surface area contributed by atoms with Gasteiger partial charge >= 0.3 is 0 Å². The van der Waals surface area contributed by atoms with E-state index in [0.29, 0.717) is 0 Å². The highest BCUT2D eigenvalue weighted by molar-refractivity contribution is 5.11. The summed E-state index contributed by atoms with van der Waals surface area (Å²) in [6, 6.07) is 10.3. The van der Waals surface area contributed by atoms with Gasteiger partial charge in [-0.05, 0) is 6.92 Å². The van der Waals surface area contributed by atoms with Crippen molar-refractivity contribution in [2.24, 2.45) is 0 Å². The Kier molecular flexibility index (Phi) is 39.4. The molecule has 0 radical (unpaired) electrons. The first kappa shape index (κ1) is 22.8. The molecule has 0 atom stereocenters. The molecular formula is C13H28. The van der Waals surface area contributed by atoms with Crippen LogP contribution in [0.15, 0.2) is 30.3 Å². The number of hydrogen-bond donors (Lipinski definition) is 0. The van der Waals surface area contributed by atoms with E-state index in [1.165, 1.54) is 5.56 Å². The predicted octanol–water partition coefficient (Wildman–Crippen LogP) is 5.32. The van der Waals surface area contributed by atoms with Gasteiger partial charge in [0.1, 0.15) is 0 Å². The predicted molar refractivity (Wildman–Crippen MR) is 67.3 cm³/mol. The summed E-state index contributed by atoms with van der Waals surface area (Å²) in [5.41, 5.74) is 1.32.